The number of nitrogens with zero attached hydrogens (tertiary/aromatic N) is 1. The van der Waals surface area contributed by atoms with Gasteiger partial charge in [0.2, 0.25) is 0 Å². The quantitative estimate of drug-likeness (QED) is 0.719. The minimum Gasteiger partial charge on any atom is -0.481 e. The van der Waals surface area contributed by atoms with Crippen molar-refractivity contribution in [3.63, 3.8) is 0 Å². The number of hydrogen-bond donors (Lipinski definition) is 2. The Morgan fingerprint density at radius 1 is 1.24 bits per heavy atom. The van der Waals surface area contributed by atoms with Gasteiger partial charge in [-0.15, -0.1) is 0 Å². The standard InChI is InChI=1S/C14H24N2O5/c1-3-14(12(18)19)6-9-16(10-7-14)13(20)15-8-5-11(17)21-4-2/h3-10H2,1-2H3,(H,15,20)(H,18,19). The summed E-state index contributed by atoms with van der Waals surface area (Å²) >= 11 is 0. The van der Waals surface area contributed by atoms with Crippen molar-refractivity contribution in [2.45, 2.75) is 39.5 Å². The molecule has 0 aromatic heterocycles. The van der Waals surface area contributed by atoms with Gasteiger partial charge in [0.1, 0.15) is 0 Å². The van der Waals surface area contributed by atoms with E-state index >= 15 is 0 Å². The second-order valence-electron chi connectivity index (χ2n) is 5.21. The van der Waals surface area contributed by atoms with Crippen LogP contribution in [0.2, 0.25) is 0 Å². The van der Waals surface area contributed by atoms with Gasteiger partial charge in [-0.1, -0.05) is 6.92 Å². The zero-order chi connectivity index (χ0) is 15.9. The molecule has 21 heavy (non-hydrogen) atoms. The fourth-order valence-electron chi connectivity index (χ4n) is 2.47. The molecule has 0 aromatic carbocycles. The summed E-state index contributed by atoms with van der Waals surface area (Å²) in [7, 11) is 0. The molecule has 1 rings (SSSR count). The molecular weight excluding hydrogens is 276 g/mol. The van der Waals surface area contributed by atoms with Crippen LogP contribution in [-0.4, -0.2) is 54.2 Å². The molecule has 0 atom stereocenters. The third-order valence-electron chi connectivity index (χ3n) is 4.05. The lowest BCUT2D eigenvalue weighted by atomic mass is 9.76. The number of urea groups is 1. The number of likely N-dealkylation sites (tertiary alicyclic amines) is 1. The molecule has 0 aliphatic carbocycles. The molecule has 0 unspecified atom stereocenters. The van der Waals surface area contributed by atoms with Crippen LogP contribution < -0.4 is 5.32 Å². The van der Waals surface area contributed by atoms with Crippen LogP contribution >= 0.6 is 0 Å². The minimum atomic E-state index is -0.785. The fourth-order valence-corrected chi connectivity index (χ4v) is 2.47. The highest BCUT2D eigenvalue weighted by atomic mass is 16.5. The molecule has 0 spiro atoms. The third-order valence-corrected chi connectivity index (χ3v) is 4.05. The predicted molar refractivity (Wildman–Crippen MR) is 75.8 cm³/mol. The number of nitrogens with one attached hydrogen (secondary N) is 1. The van der Waals surface area contributed by atoms with Gasteiger partial charge >= 0.3 is 18.0 Å². The molecule has 1 aliphatic heterocycles. The fraction of sp³-hybridized carbons (Fsp3) is 0.786. The molecule has 1 fully saturated rings. The number of carbonyl (C=O) groups is 3. The van der Waals surface area contributed by atoms with Crippen molar-refractivity contribution in [1.82, 2.24) is 10.2 Å². The predicted octanol–water partition coefficient (Wildman–Crippen LogP) is 1.23. The first kappa shape index (κ1) is 17.3. The molecule has 0 saturated carbocycles. The van der Waals surface area contributed by atoms with E-state index in [0.29, 0.717) is 39.0 Å². The Bertz CT molecular complexity index is 389. The lowest BCUT2D eigenvalue weighted by Gasteiger charge is -2.38. The van der Waals surface area contributed by atoms with Crippen LogP contribution in [-0.2, 0) is 14.3 Å². The normalized spacial score (nSPS) is 17.1. The number of ether oxygens (including phenoxy) is 1. The Balaban J connectivity index is 2.35. The number of carbonyl (C=O) groups excluding carboxylic acids is 2. The summed E-state index contributed by atoms with van der Waals surface area (Å²) in [6.07, 6.45) is 1.64. The maximum absolute atomic E-state index is 11.9. The van der Waals surface area contributed by atoms with Gasteiger partial charge in [0.05, 0.1) is 18.4 Å². The topological polar surface area (TPSA) is 95.9 Å². The highest BCUT2D eigenvalue weighted by Crippen LogP contribution is 2.35. The summed E-state index contributed by atoms with van der Waals surface area (Å²) < 4.78 is 4.77. The van der Waals surface area contributed by atoms with E-state index in [4.69, 9.17) is 4.74 Å². The number of amides is 2. The van der Waals surface area contributed by atoms with E-state index in [2.05, 4.69) is 5.32 Å². The van der Waals surface area contributed by atoms with Gasteiger partial charge in [-0.05, 0) is 26.2 Å². The van der Waals surface area contributed by atoms with Crippen LogP contribution in [0.15, 0.2) is 0 Å². The average Bonchev–Trinajstić information content (AvgIpc) is 2.47. The van der Waals surface area contributed by atoms with E-state index in [1.807, 2.05) is 6.92 Å². The van der Waals surface area contributed by atoms with E-state index in [9.17, 15) is 19.5 Å². The van der Waals surface area contributed by atoms with Gasteiger partial charge in [0, 0.05) is 19.6 Å². The number of carboxylic acid groups (broad SMARTS) is 1. The number of hydrogen-bond acceptors (Lipinski definition) is 4. The second-order valence-corrected chi connectivity index (χ2v) is 5.21. The SMILES string of the molecule is CCOC(=O)CCNC(=O)N1CCC(CC)(C(=O)O)CC1. The number of carboxylic acids is 1. The van der Waals surface area contributed by atoms with Crippen molar-refractivity contribution >= 4 is 18.0 Å². The van der Waals surface area contributed by atoms with Crippen LogP contribution in [0.1, 0.15) is 39.5 Å². The summed E-state index contributed by atoms with van der Waals surface area (Å²) in [6.45, 7) is 4.99. The first-order valence-corrected chi connectivity index (χ1v) is 7.37. The highest BCUT2D eigenvalue weighted by molar-refractivity contribution is 5.77. The molecule has 1 heterocycles. The highest BCUT2D eigenvalue weighted by Gasteiger charge is 2.40. The maximum atomic E-state index is 11.9. The second kappa shape index (κ2) is 7.85. The third kappa shape index (κ3) is 4.61. The average molecular weight is 300 g/mol. The van der Waals surface area contributed by atoms with Crippen LogP contribution in [0, 0.1) is 5.41 Å². The lowest BCUT2D eigenvalue weighted by Crippen LogP contribution is -2.49. The minimum absolute atomic E-state index is 0.140. The van der Waals surface area contributed by atoms with Gasteiger partial charge in [-0.25, -0.2) is 4.79 Å². The van der Waals surface area contributed by atoms with E-state index in [-0.39, 0.29) is 25.0 Å². The number of esters is 1. The van der Waals surface area contributed by atoms with Gasteiger partial charge in [-0.3, -0.25) is 9.59 Å². The van der Waals surface area contributed by atoms with E-state index in [1.54, 1.807) is 11.8 Å². The molecule has 2 N–H and O–H groups in total. The Morgan fingerprint density at radius 2 is 1.86 bits per heavy atom. The molecular formula is C14H24N2O5. The molecule has 0 radical (unpaired) electrons. The summed E-state index contributed by atoms with van der Waals surface area (Å²) in [5, 5.41) is 12.0. The number of piperidine rings is 1. The zero-order valence-corrected chi connectivity index (χ0v) is 12.7. The molecule has 120 valence electrons. The largest absolute Gasteiger partial charge is 0.481 e. The first-order chi connectivity index (χ1) is 9.95. The Hall–Kier alpha value is -1.79. The molecule has 0 bridgehead atoms. The summed E-state index contributed by atoms with van der Waals surface area (Å²) in [5.74, 6) is -1.13. The van der Waals surface area contributed by atoms with Gasteiger partial charge in [-0.2, -0.15) is 0 Å². The Labute approximate surface area is 124 Å². The molecule has 1 saturated heterocycles. The molecule has 0 aromatic rings. The lowest BCUT2D eigenvalue weighted by molar-refractivity contribution is -0.152. The van der Waals surface area contributed by atoms with Crippen molar-refractivity contribution in [3.8, 4) is 0 Å². The first-order valence-electron chi connectivity index (χ1n) is 7.37. The van der Waals surface area contributed by atoms with E-state index < -0.39 is 11.4 Å². The van der Waals surface area contributed by atoms with Crippen molar-refractivity contribution in [2.24, 2.45) is 5.41 Å². The molecule has 2 amide bonds. The maximum Gasteiger partial charge on any atom is 0.317 e. The smallest absolute Gasteiger partial charge is 0.317 e. The van der Waals surface area contributed by atoms with E-state index in [1.165, 1.54) is 0 Å². The Morgan fingerprint density at radius 3 is 2.33 bits per heavy atom. The zero-order valence-electron chi connectivity index (χ0n) is 12.7. The molecule has 7 heteroatoms. The summed E-state index contributed by atoms with van der Waals surface area (Å²) in [5.41, 5.74) is -0.707. The van der Waals surface area contributed by atoms with Crippen molar-refractivity contribution in [1.29, 1.82) is 0 Å². The van der Waals surface area contributed by atoms with Crippen molar-refractivity contribution in [3.05, 3.63) is 0 Å². The van der Waals surface area contributed by atoms with Gasteiger partial charge in [0.25, 0.3) is 0 Å². The molecule has 1 aliphatic rings. The number of aliphatic carboxylic acids is 1. The van der Waals surface area contributed by atoms with Crippen LogP contribution in [0.3, 0.4) is 0 Å². The van der Waals surface area contributed by atoms with Gasteiger partial charge in [0.15, 0.2) is 0 Å². The summed E-state index contributed by atoms with van der Waals surface area (Å²) in [4.78, 5) is 36.0. The van der Waals surface area contributed by atoms with Crippen molar-refractivity contribution in [2.75, 3.05) is 26.2 Å². The molecule has 7 nitrogen and oxygen atoms in total. The van der Waals surface area contributed by atoms with Crippen molar-refractivity contribution < 1.29 is 24.2 Å². The van der Waals surface area contributed by atoms with Crippen LogP contribution in [0.25, 0.3) is 0 Å². The van der Waals surface area contributed by atoms with E-state index in [0.717, 1.165) is 0 Å². The van der Waals surface area contributed by atoms with Crippen LogP contribution in [0.4, 0.5) is 4.79 Å². The Kier molecular flexibility index (Phi) is 6.45. The number of rotatable bonds is 6. The van der Waals surface area contributed by atoms with Gasteiger partial charge < -0.3 is 20.1 Å². The summed E-state index contributed by atoms with van der Waals surface area (Å²) in [6, 6.07) is -0.255. The van der Waals surface area contributed by atoms with Crippen LogP contribution in [0.5, 0.6) is 0 Å². The monoisotopic (exact) mass is 300 g/mol.